The zero-order chi connectivity index (χ0) is 8.53. The first kappa shape index (κ1) is 10.4. The summed E-state index contributed by atoms with van der Waals surface area (Å²) in [6, 6.07) is 0. The summed E-state index contributed by atoms with van der Waals surface area (Å²) in [6.45, 7) is 4.06. The van der Waals surface area contributed by atoms with Gasteiger partial charge in [-0.05, 0) is 19.8 Å². The molecule has 0 heterocycles. The molecule has 0 unspecified atom stereocenters. The van der Waals surface area contributed by atoms with Crippen molar-refractivity contribution in [3.63, 3.8) is 0 Å². The maximum atomic E-state index is 10.1. The van der Waals surface area contributed by atoms with Gasteiger partial charge in [-0.3, -0.25) is 0 Å². The van der Waals surface area contributed by atoms with Gasteiger partial charge >= 0.3 is 0 Å². The van der Waals surface area contributed by atoms with Crippen LogP contribution in [0, 0.1) is 0 Å². The normalized spacial score (nSPS) is 9.27. The molecule has 0 saturated carbocycles. The highest BCUT2D eigenvalue weighted by molar-refractivity contribution is 5.50. The number of rotatable bonds is 6. The summed E-state index contributed by atoms with van der Waals surface area (Å²) in [6.07, 6.45) is 7.26. The van der Waals surface area contributed by atoms with E-state index in [4.69, 9.17) is 0 Å². The van der Waals surface area contributed by atoms with Gasteiger partial charge < -0.3 is 0 Å². The fourth-order valence-corrected chi connectivity index (χ4v) is 1.04. The van der Waals surface area contributed by atoms with Crippen LogP contribution in [-0.2, 0) is 4.79 Å². The average molecular weight is 154 g/mol. The van der Waals surface area contributed by atoms with Gasteiger partial charge in [0.1, 0.15) is 5.94 Å². The van der Waals surface area contributed by atoms with Crippen molar-refractivity contribution in [1.82, 2.24) is 0 Å². The lowest BCUT2D eigenvalue weighted by atomic mass is 10.1. The van der Waals surface area contributed by atoms with Gasteiger partial charge in [-0.15, -0.1) is 0 Å². The van der Waals surface area contributed by atoms with Crippen molar-refractivity contribution in [2.75, 3.05) is 0 Å². The second-order valence-corrected chi connectivity index (χ2v) is 3.05. The molecule has 1 heteroatoms. The molecule has 0 spiro atoms. The van der Waals surface area contributed by atoms with Crippen LogP contribution >= 0.6 is 0 Å². The van der Waals surface area contributed by atoms with Gasteiger partial charge in [0.2, 0.25) is 0 Å². The first-order valence-corrected chi connectivity index (χ1v) is 4.51. The van der Waals surface area contributed by atoms with Crippen molar-refractivity contribution in [1.29, 1.82) is 0 Å². The maximum absolute atomic E-state index is 10.1. The summed E-state index contributed by atoms with van der Waals surface area (Å²) < 4.78 is 0. The Balaban J connectivity index is 3.08. The largest absolute Gasteiger partial charge is 0.234 e. The van der Waals surface area contributed by atoms with Crippen molar-refractivity contribution in [3.8, 4) is 0 Å². The molecule has 0 saturated heterocycles. The van der Waals surface area contributed by atoms with Gasteiger partial charge in [-0.1, -0.05) is 32.6 Å². The highest BCUT2D eigenvalue weighted by atomic mass is 16.1. The van der Waals surface area contributed by atoms with E-state index >= 15 is 0 Å². The molecule has 0 aromatic rings. The number of hydrogen-bond acceptors (Lipinski definition) is 1. The van der Waals surface area contributed by atoms with Gasteiger partial charge in [0, 0.05) is 5.57 Å². The van der Waals surface area contributed by atoms with E-state index in [1.807, 2.05) is 12.9 Å². The molecule has 0 aliphatic carbocycles. The first-order valence-electron chi connectivity index (χ1n) is 4.51. The van der Waals surface area contributed by atoms with Gasteiger partial charge in [-0.2, -0.15) is 0 Å². The Bertz CT molecular complexity index is 132. The van der Waals surface area contributed by atoms with Crippen molar-refractivity contribution in [2.45, 2.75) is 52.4 Å². The summed E-state index contributed by atoms with van der Waals surface area (Å²) in [5.41, 5.74) is 0.862. The van der Waals surface area contributed by atoms with Crippen molar-refractivity contribution in [2.24, 2.45) is 0 Å². The summed E-state index contributed by atoms with van der Waals surface area (Å²) in [7, 11) is 0. The minimum atomic E-state index is 0.862. The summed E-state index contributed by atoms with van der Waals surface area (Å²) in [5.74, 6) is 1.92. The predicted molar refractivity (Wildman–Crippen MR) is 48.3 cm³/mol. The maximum Gasteiger partial charge on any atom is 0.123 e. The zero-order valence-corrected chi connectivity index (χ0v) is 7.65. The molecule has 0 aromatic carbocycles. The van der Waals surface area contributed by atoms with E-state index < -0.39 is 0 Å². The minimum Gasteiger partial charge on any atom is -0.234 e. The first-order chi connectivity index (χ1) is 5.31. The van der Waals surface area contributed by atoms with Crippen LogP contribution in [0.3, 0.4) is 0 Å². The molecule has 0 bridgehead atoms. The Morgan fingerprint density at radius 2 is 1.82 bits per heavy atom. The quantitative estimate of drug-likeness (QED) is 0.424. The van der Waals surface area contributed by atoms with E-state index in [1.165, 1.54) is 25.7 Å². The standard InChI is InChI=1S/C10H18O/c1-3-4-5-6-7-8-10(2)9-11/h3-8H2,1-2H3. The second kappa shape index (κ2) is 7.56. The van der Waals surface area contributed by atoms with Crippen LogP contribution in [0.15, 0.2) is 5.57 Å². The van der Waals surface area contributed by atoms with E-state index in [0.717, 1.165) is 18.4 Å². The SMILES string of the molecule is CCCCCCCC(C)=C=O. The van der Waals surface area contributed by atoms with Gasteiger partial charge in [-0.25, -0.2) is 4.79 Å². The van der Waals surface area contributed by atoms with Crippen LogP contribution in [0.1, 0.15) is 52.4 Å². The van der Waals surface area contributed by atoms with Crippen LogP contribution in [-0.4, -0.2) is 5.94 Å². The fraction of sp³-hybridized carbons (Fsp3) is 0.800. The third kappa shape index (κ3) is 7.35. The molecule has 64 valence electrons. The Morgan fingerprint density at radius 3 is 2.36 bits per heavy atom. The van der Waals surface area contributed by atoms with E-state index in [9.17, 15) is 4.79 Å². The van der Waals surface area contributed by atoms with Crippen LogP contribution in [0.25, 0.3) is 0 Å². The summed E-state index contributed by atoms with van der Waals surface area (Å²) in [4.78, 5) is 10.1. The lowest BCUT2D eigenvalue weighted by Crippen LogP contribution is -1.80. The lowest BCUT2D eigenvalue weighted by molar-refractivity contribution is 0.564. The molecular formula is C10H18O. The highest BCUT2D eigenvalue weighted by Crippen LogP contribution is 2.08. The van der Waals surface area contributed by atoms with Crippen LogP contribution in [0.2, 0.25) is 0 Å². The third-order valence-corrected chi connectivity index (χ3v) is 1.83. The summed E-state index contributed by atoms with van der Waals surface area (Å²) >= 11 is 0. The van der Waals surface area contributed by atoms with E-state index in [-0.39, 0.29) is 0 Å². The smallest absolute Gasteiger partial charge is 0.123 e. The monoisotopic (exact) mass is 154 g/mol. The van der Waals surface area contributed by atoms with Crippen LogP contribution in [0.4, 0.5) is 0 Å². The molecule has 0 rings (SSSR count). The Morgan fingerprint density at radius 1 is 1.18 bits per heavy atom. The zero-order valence-electron chi connectivity index (χ0n) is 7.65. The molecule has 0 amide bonds. The fourth-order valence-electron chi connectivity index (χ4n) is 1.04. The van der Waals surface area contributed by atoms with Gasteiger partial charge in [0.25, 0.3) is 0 Å². The Labute approximate surface area is 69.5 Å². The number of carbonyl (C=O) groups excluding carboxylic acids is 1. The molecule has 11 heavy (non-hydrogen) atoms. The number of allylic oxidation sites excluding steroid dienone is 1. The molecule has 0 fully saturated rings. The average Bonchev–Trinajstić information content (AvgIpc) is 2.04. The predicted octanol–water partition coefficient (Wildman–Crippen LogP) is 3.12. The van der Waals surface area contributed by atoms with Gasteiger partial charge in [0.05, 0.1) is 0 Å². The number of unbranched alkanes of at least 4 members (excludes halogenated alkanes) is 4. The van der Waals surface area contributed by atoms with Crippen LogP contribution < -0.4 is 0 Å². The highest BCUT2D eigenvalue weighted by Gasteiger charge is 1.91. The topological polar surface area (TPSA) is 17.1 Å². The van der Waals surface area contributed by atoms with Crippen molar-refractivity contribution < 1.29 is 4.79 Å². The van der Waals surface area contributed by atoms with Crippen molar-refractivity contribution in [3.05, 3.63) is 5.57 Å². The molecule has 0 aliphatic heterocycles. The van der Waals surface area contributed by atoms with E-state index in [0.29, 0.717) is 0 Å². The Hall–Kier alpha value is -0.550. The lowest BCUT2D eigenvalue weighted by Gasteiger charge is -1.97. The molecular weight excluding hydrogens is 136 g/mol. The summed E-state index contributed by atoms with van der Waals surface area (Å²) in [5, 5.41) is 0. The molecule has 0 aliphatic rings. The van der Waals surface area contributed by atoms with Crippen molar-refractivity contribution >= 4 is 5.94 Å². The molecule has 0 radical (unpaired) electrons. The molecule has 0 N–H and O–H groups in total. The molecule has 0 atom stereocenters. The van der Waals surface area contributed by atoms with E-state index in [1.54, 1.807) is 0 Å². The molecule has 1 nitrogen and oxygen atoms in total. The third-order valence-electron chi connectivity index (χ3n) is 1.83. The number of hydrogen-bond donors (Lipinski definition) is 0. The minimum absolute atomic E-state index is 0.862. The van der Waals surface area contributed by atoms with Gasteiger partial charge in [0.15, 0.2) is 0 Å². The second-order valence-electron chi connectivity index (χ2n) is 3.05. The Kier molecular flexibility index (Phi) is 7.18. The van der Waals surface area contributed by atoms with E-state index in [2.05, 4.69) is 6.92 Å². The van der Waals surface area contributed by atoms with Crippen LogP contribution in [0.5, 0.6) is 0 Å². The molecule has 0 aromatic heterocycles.